The average Bonchev–Trinajstić information content (AvgIpc) is 3.20. The molecule has 146 valence electrons. The highest BCUT2D eigenvalue weighted by atomic mass is 79.9. The van der Waals surface area contributed by atoms with Crippen molar-refractivity contribution in [3.8, 4) is 17.2 Å². The Balaban J connectivity index is 1.55. The number of hydrogen-bond acceptors (Lipinski definition) is 5. The molecule has 1 atom stereocenters. The van der Waals surface area contributed by atoms with Crippen LogP contribution in [-0.4, -0.2) is 22.7 Å². The number of phenols is 1. The van der Waals surface area contributed by atoms with Crippen molar-refractivity contribution >= 4 is 27.5 Å². The maximum atomic E-state index is 13.4. The van der Waals surface area contributed by atoms with E-state index >= 15 is 0 Å². The molecule has 2 aliphatic rings. The van der Waals surface area contributed by atoms with Gasteiger partial charge in [-0.05, 0) is 63.5 Å². The highest BCUT2D eigenvalue weighted by molar-refractivity contribution is 9.10. The molecule has 0 aliphatic carbocycles. The van der Waals surface area contributed by atoms with Gasteiger partial charge in [-0.3, -0.25) is 4.79 Å². The zero-order valence-corrected chi connectivity index (χ0v) is 16.8. The van der Waals surface area contributed by atoms with Gasteiger partial charge in [-0.2, -0.15) is 0 Å². The number of ether oxygens (including phenoxy) is 2. The highest BCUT2D eigenvalue weighted by Crippen LogP contribution is 2.38. The Morgan fingerprint density at radius 3 is 2.76 bits per heavy atom. The SMILES string of the molecule is O=C1c2ccccc2NC(c2ccc(O)c(Br)c2)N1Cc1ccc2c(c1)OCO2. The van der Waals surface area contributed by atoms with E-state index in [1.165, 1.54) is 0 Å². The smallest absolute Gasteiger partial charge is 0.258 e. The maximum Gasteiger partial charge on any atom is 0.258 e. The summed E-state index contributed by atoms with van der Waals surface area (Å²) in [5.41, 5.74) is 3.21. The molecule has 7 heteroatoms. The maximum absolute atomic E-state index is 13.4. The number of amides is 1. The van der Waals surface area contributed by atoms with Crippen LogP contribution in [0.3, 0.4) is 0 Å². The Hall–Kier alpha value is -3.19. The van der Waals surface area contributed by atoms with Gasteiger partial charge in [0.15, 0.2) is 11.5 Å². The summed E-state index contributed by atoms with van der Waals surface area (Å²) >= 11 is 3.37. The molecule has 0 radical (unpaired) electrons. The second-order valence-electron chi connectivity index (χ2n) is 6.92. The monoisotopic (exact) mass is 452 g/mol. The van der Waals surface area contributed by atoms with Gasteiger partial charge in [-0.15, -0.1) is 0 Å². The standard InChI is InChI=1S/C22H17BrN2O4/c23-16-10-14(6-7-18(16)26)21-24-17-4-2-1-3-15(17)22(27)25(21)11-13-5-8-19-20(9-13)29-12-28-19/h1-10,21,24,26H,11-12H2. The number of nitrogens with one attached hydrogen (secondary N) is 1. The van der Waals surface area contributed by atoms with Gasteiger partial charge in [0.25, 0.3) is 5.91 Å². The first-order valence-electron chi connectivity index (χ1n) is 9.13. The van der Waals surface area contributed by atoms with E-state index in [1.54, 1.807) is 11.0 Å². The van der Waals surface area contributed by atoms with Crippen LogP contribution in [0.15, 0.2) is 65.1 Å². The third kappa shape index (κ3) is 3.17. The van der Waals surface area contributed by atoms with Crippen molar-refractivity contribution in [3.63, 3.8) is 0 Å². The quantitative estimate of drug-likeness (QED) is 0.604. The number of anilines is 1. The number of carbonyl (C=O) groups is 1. The Kier molecular flexibility index (Phi) is 4.32. The molecule has 0 saturated carbocycles. The lowest BCUT2D eigenvalue weighted by Crippen LogP contribution is -2.42. The third-order valence-electron chi connectivity index (χ3n) is 5.10. The van der Waals surface area contributed by atoms with E-state index in [-0.39, 0.29) is 24.6 Å². The second-order valence-corrected chi connectivity index (χ2v) is 7.78. The predicted molar refractivity (Wildman–Crippen MR) is 111 cm³/mol. The van der Waals surface area contributed by atoms with E-state index in [4.69, 9.17) is 9.47 Å². The Morgan fingerprint density at radius 1 is 1.07 bits per heavy atom. The summed E-state index contributed by atoms with van der Waals surface area (Å²) < 4.78 is 11.4. The van der Waals surface area contributed by atoms with E-state index in [1.807, 2.05) is 54.6 Å². The van der Waals surface area contributed by atoms with Gasteiger partial charge in [-0.1, -0.05) is 24.3 Å². The number of rotatable bonds is 3. The molecule has 2 heterocycles. The number of aromatic hydroxyl groups is 1. The largest absolute Gasteiger partial charge is 0.507 e. The molecular weight excluding hydrogens is 436 g/mol. The number of nitrogens with zero attached hydrogens (tertiary/aromatic N) is 1. The molecule has 6 nitrogen and oxygen atoms in total. The van der Waals surface area contributed by atoms with Crippen molar-refractivity contribution in [1.82, 2.24) is 4.90 Å². The molecule has 3 aromatic rings. The van der Waals surface area contributed by atoms with Crippen LogP contribution in [0.5, 0.6) is 17.2 Å². The molecule has 0 aromatic heterocycles. The van der Waals surface area contributed by atoms with Gasteiger partial charge >= 0.3 is 0 Å². The molecule has 1 unspecified atom stereocenters. The lowest BCUT2D eigenvalue weighted by atomic mass is 10.0. The van der Waals surface area contributed by atoms with Gasteiger partial charge in [0.2, 0.25) is 6.79 Å². The molecule has 0 spiro atoms. The lowest BCUT2D eigenvalue weighted by Gasteiger charge is -2.38. The van der Waals surface area contributed by atoms with Crippen molar-refractivity contribution in [2.45, 2.75) is 12.7 Å². The van der Waals surface area contributed by atoms with Crippen LogP contribution < -0.4 is 14.8 Å². The number of fused-ring (bicyclic) bond motifs is 2. The molecule has 2 aliphatic heterocycles. The number of benzene rings is 3. The fourth-order valence-corrected chi connectivity index (χ4v) is 4.04. The summed E-state index contributed by atoms with van der Waals surface area (Å²) in [6, 6.07) is 18.4. The molecule has 0 bridgehead atoms. The number of para-hydroxylation sites is 1. The number of phenolic OH excluding ortho intramolecular Hbond substituents is 1. The van der Waals surface area contributed by atoms with Crippen molar-refractivity contribution < 1.29 is 19.4 Å². The Labute approximate surface area is 175 Å². The molecule has 2 N–H and O–H groups in total. The molecule has 29 heavy (non-hydrogen) atoms. The third-order valence-corrected chi connectivity index (χ3v) is 5.73. The first-order chi connectivity index (χ1) is 14.1. The van der Waals surface area contributed by atoms with Crippen LogP contribution in [0.25, 0.3) is 0 Å². The number of halogens is 1. The van der Waals surface area contributed by atoms with E-state index in [2.05, 4.69) is 21.2 Å². The van der Waals surface area contributed by atoms with E-state index in [0.29, 0.717) is 28.1 Å². The molecular formula is C22H17BrN2O4. The summed E-state index contributed by atoms with van der Waals surface area (Å²) in [5, 5.41) is 13.3. The van der Waals surface area contributed by atoms with Crippen molar-refractivity contribution in [2.24, 2.45) is 0 Å². The van der Waals surface area contributed by atoms with E-state index < -0.39 is 0 Å². The van der Waals surface area contributed by atoms with Crippen LogP contribution in [0, 0.1) is 0 Å². The summed E-state index contributed by atoms with van der Waals surface area (Å²) in [4.78, 5) is 15.1. The van der Waals surface area contributed by atoms with Crippen LogP contribution in [0.2, 0.25) is 0 Å². The molecule has 5 rings (SSSR count). The molecule has 0 saturated heterocycles. The summed E-state index contributed by atoms with van der Waals surface area (Å²) in [6.07, 6.45) is -0.389. The van der Waals surface area contributed by atoms with Crippen molar-refractivity contribution in [3.05, 3.63) is 81.8 Å². The summed E-state index contributed by atoms with van der Waals surface area (Å²) in [5.74, 6) is 1.48. The summed E-state index contributed by atoms with van der Waals surface area (Å²) in [6.45, 7) is 0.598. The van der Waals surface area contributed by atoms with Crippen LogP contribution in [0.1, 0.15) is 27.7 Å². The lowest BCUT2D eigenvalue weighted by molar-refractivity contribution is 0.0666. The minimum Gasteiger partial charge on any atom is -0.507 e. The van der Waals surface area contributed by atoms with Crippen molar-refractivity contribution in [1.29, 1.82) is 0 Å². The topological polar surface area (TPSA) is 71.0 Å². The van der Waals surface area contributed by atoms with Crippen LogP contribution in [0.4, 0.5) is 5.69 Å². The van der Waals surface area contributed by atoms with Gasteiger partial charge in [0.05, 0.1) is 10.0 Å². The van der Waals surface area contributed by atoms with Gasteiger partial charge in [0.1, 0.15) is 11.9 Å². The molecule has 0 fully saturated rings. The van der Waals surface area contributed by atoms with Crippen LogP contribution in [-0.2, 0) is 6.54 Å². The van der Waals surface area contributed by atoms with Gasteiger partial charge < -0.3 is 24.8 Å². The number of carbonyl (C=O) groups excluding carboxylic acids is 1. The zero-order valence-electron chi connectivity index (χ0n) is 15.3. The first-order valence-corrected chi connectivity index (χ1v) is 9.93. The first kappa shape index (κ1) is 17.9. The van der Waals surface area contributed by atoms with Gasteiger partial charge in [-0.25, -0.2) is 0 Å². The molecule has 3 aromatic carbocycles. The van der Waals surface area contributed by atoms with Crippen LogP contribution >= 0.6 is 15.9 Å². The minimum absolute atomic E-state index is 0.0637. The Morgan fingerprint density at radius 2 is 1.90 bits per heavy atom. The highest BCUT2D eigenvalue weighted by Gasteiger charge is 2.33. The Bertz CT molecular complexity index is 1120. The van der Waals surface area contributed by atoms with Crippen molar-refractivity contribution in [2.75, 3.05) is 12.1 Å². The average molecular weight is 453 g/mol. The minimum atomic E-state index is -0.389. The molecule has 1 amide bonds. The second kappa shape index (κ2) is 7.00. The number of hydrogen-bond donors (Lipinski definition) is 2. The van der Waals surface area contributed by atoms with E-state index in [9.17, 15) is 9.90 Å². The fraction of sp³-hybridized carbons (Fsp3) is 0.136. The predicted octanol–water partition coefficient (Wildman–Crippen LogP) is 4.65. The fourth-order valence-electron chi connectivity index (χ4n) is 3.65. The summed E-state index contributed by atoms with van der Waals surface area (Å²) in [7, 11) is 0. The van der Waals surface area contributed by atoms with Gasteiger partial charge in [0, 0.05) is 12.2 Å². The zero-order chi connectivity index (χ0) is 20.0. The normalized spacial score (nSPS) is 17.1. The van der Waals surface area contributed by atoms with E-state index in [0.717, 1.165) is 16.8 Å².